The zero-order chi connectivity index (χ0) is 15.8. The quantitative estimate of drug-likeness (QED) is 0.754. The predicted octanol–water partition coefficient (Wildman–Crippen LogP) is 1.86. The summed E-state index contributed by atoms with van der Waals surface area (Å²) >= 11 is 0. The van der Waals surface area contributed by atoms with Crippen LogP contribution in [0.1, 0.15) is 53.4 Å². The molecule has 0 unspecified atom stereocenters. The molecule has 0 radical (unpaired) electrons. The van der Waals surface area contributed by atoms with E-state index in [1.807, 2.05) is 13.8 Å². The number of carbonyl (C=O) groups is 2. The maximum Gasteiger partial charge on any atom is 0.249 e. The highest BCUT2D eigenvalue weighted by Gasteiger charge is 2.24. The van der Waals surface area contributed by atoms with Crippen molar-refractivity contribution in [1.82, 2.24) is 10.6 Å². The highest BCUT2D eigenvalue weighted by molar-refractivity contribution is 5.86. The molecule has 122 valence electrons. The van der Waals surface area contributed by atoms with Crippen molar-refractivity contribution < 1.29 is 14.3 Å². The van der Waals surface area contributed by atoms with Gasteiger partial charge in [-0.1, -0.05) is 33.6 Å². The summed E-state index contributed by atoms with van der Waals surface area (Å²) < 4.78 is 5.81. The van der Waals surface area contributed by atoms with Crippen molar-refractivity contribution in [1.29, 1.82) is 0 Å². The number of carbonyl (C=O) groups excluding carboxylic acids is 2. The van der Waals surface area contributed by atoms with E-state index in [0.29, 0.717) is 18.4 Å². The van der Waals surface area contributed by atoms with Crippen molar-refractivity contribution in [3.63, 3.8) is 0 Å². The minimum absolute atomic E-state index is 0.0142. The van der Waals surface area contributed by atoms with Crippen LogP contribution in [-0.4, -0.2) is 37.1 Å². The van der Waals surface area contributed by atoms with Gasteiger partial charge in [0.2, 0.25) is 11.8 Å². The molecule has 1 rings (SSSR count). The van der Waals surface area contributed by atoms with E-state index >= 15 is 0 Å². The molecule has 0 aliphatic heterocycles. The predicted molar refractivity (Wildman–Crippen MR) is 82.8 cm³/mol. The zero-order valence-corrected chi connectivity index (χ0v) is 13.8. The van der Waals surface area contributed by atoms with Gasteiger partial charge in [-0.3, -0.25) is 9.59 Å². The Morgan fingerprint density at radius 2 is 1.90 bits per heavy atom. The highest BCUT2D eigenvalue weighted by Crippen LogP contribution is 2.26. The Bertz CT molecular complexity index is 344. The Hall–Kier alpha value is -1.10. The lowest BCUT2D eigenvalue weighted by molar-refractivity contribution is -0.138. The molecular weight excluding hydrogens is 268 g/mol. The Kier molecular flexibility index (Phi) is 7.72. The van der Waals surface area contributed by atoms with Crippen LogP contribution < -0.4 is 10.6 Å². The molecule has 1 fully saturated rings. The van der Waals surface area contributed by atoms with Crippen LogP contribution in [0.25, 0.3) is 0 Å². The topological polar surface area (TPSA) is 67.4 Å². The van der Waals surface area contributed by atoms with Crippen LogP contribution in [0.15, 0.2) is 0 Å². The molecule has 0 saturated heterocycles. The third-order valence-electron chi connectivity index (χ3n) is 3.78. The lowest BCUT2D eigenvalue weighted by Gasteiger charge is -2.28. The van der Waals surface area contributed by atoms with Gasteiger partial charge in [0, 0.05) is 6.54 Å². The molecular formula is C16H30N2O3. The summed E-state index contributed by atoms with van der Waals surface area (Å²) in [6.45, 7) is 8.67. The van der Waals surface area contributed by atoms with Crippen LogP contribution in [0.2, 0.25) is 0 Å². The molecule has 2 amide bonds. The maximum atomic E-state index is 11.9. The van der Waals surface area contributed by atoms with E-state index in [-0.39, 0.29) is 24.5 Å². The number of rotatable bonds is 7. The van der Waals surface area contributed by atoms with Gasteiger partial charge in [0.05, 0.1) is 12.6 Å². The average molecular weight is 298 g/mol. The first kappa shape index (κ1) is 18.0. The first-order valence-corrected chi connectivity index (χ1v) is 8.08. The third-order valence-corrected chi connectivity index (χ3v) is 3.78. The average Bonchev–Trinajstić information content (AvgIpc) is 2.42. The summed E-state index contributed by atoms with van der Waals surface area (Å²) in [5, 5.41) is 5.40. The molecule has 0 heterocycles. The van der Waals surface area contributed by atoms with Crippen molar-refractivity contribution in [2.75, 3.05) is 13.1 Å². The van der Waals surface area contributed by atoms with Crippen molar-refractivity contribution in [3.05, 3.63) is 0 Å². The third kappa shape index (κ3) is 7.46. The van der Waals surface area contributed by atoms with E-state index in [0.717, 1.165) is 19.3 Å². The van der Waals surface area contributed by atoms with Crippen LogP contribution >= 0.6 is 0 Å². The van der Waals surface area contributed by atoms with Gasteiger partial charge >= 0.3 is 0 Å². The normalized spacial score (nSPS) is 23.7. The Morgan fingerprint density at radius 1 is 1.19 bits per heavy atom. The Balaban J connectivity index is 2.23. The number of nitrogens with one attached hydrogen (secondary N) is 2. The van der Waals surface area contributed by atoms with E-state index in [1.54, 1.807) is 6.92 Å². The van der Waals surface area contributed by atoms with Crippen LogP contribution in [0.5, 0.6) is 0 Å². The molecule has 21 heavy (non-hydrogen) atoms. The fourth-order valence-electron chi connectivity index (χ4n) is 2.54. The van der Waals surface area contributed by atoms with Crippen LogP contribution in [0.4, 0.5) is 0 Å². The number of amides is 2. The molecule has 0 spiro atoms. The van der Waals surface area contributed by atoms with Gasteiger partial charge in [-0.25, -0.2) is 0 Å². The van der Waals surface area contributed by atoms with Gasteiger partial charge in [0.1, 0.15) is 6.10 Å². The van der Waals surface area contributed by atoms with E-state index in [4.69, 9.17) is 4.74 Å². The molecule has 1 aliphatic carbocycles. The summed E-state index contributed by atoms with van der Waals surface area (Å²) in [6, 6.07) is 0. The van der Waals surface area contributed by atoms with E-state index in [1.165, 1.54) is 6.42 Å². The molecule has 0 aromatic rings. The monoisotopic (exact) mass is 298 g/mol. The number of hydrogen-bond donors (Lipinski definition) is 2. The number of hydrogen-bond acceptors (Lipinski definition) is 3. The van der Waals surface area contributed by atoms with Gasteiger partial charge in [0.15, 0.2) is 0 Å². The summed E-state index contributed by atoms with van der Waals surface area (Å²) in [5.74, 6) is 0.699. The lowest BCUT2D eigenvalue weighted by Crippen LogP contribution is -2.43. The van der Waals surface area contributed by atoms with Gasteiger partial charge < -0.3 is 15.4 Å². The number of ether oxygens (including phenoxy) is 1. The molecule has 1 saturated carbocycles. The van der Waals surface area contributed by atoms with E-state index < -0.39 is 6.10 Å². The summed E-state index contributed by atoms with van der Waals surface area (Å²) in [4.78, 5) is 23.5. The molecule has 2 N–H and O–H groups in total. The van der Waals surface area contributed by atoms with E-state index in [9.17, 15) is 9.59 Å². The zero-order valence-electron chi connectivity index (χ0n) is 13.8. The second-order valence-corrected chi connectivity index (χ2v) is 6.59. The van der Waals surface area contributed by atoms with Crippen molar-refractivity contribution in [2.45, 2.75) is 65.6 Å². The van der Waals surface area contributed by atoms with E-state index in [2.05, 4.69) is 17.6 Å². The Labute approximate surface area is 128 Å². The van der Waals surface area contributed by atoms with Crippen LogP contribution in [0.3, 0.4) is 0 Å². The fourth-order valence-corrected chi connectivity index (χ4v) is 2.54. The second kappa shape index (κ2) is 9.03. The Morgan fingerprint density at radius 3 is 2.52 bits per heavy atom. The van der Waals surface area contributed by atoms with Gasteiger partial charge in [0.25, 0.3) is 0 Å². The molecule has 5 heteroatoms. The molecule has 1 aliphatic rings. The second-order valence-electron chi connectivity index (χ2n) is 6.59. The summed E-state index contributed by atoms with van der Waals surface area (Å²) in [5.41, 5.74) is 0. The summed E-state index contributed by atoms with van der Waals surface area (Å²) in [6.07, 6.45) is 4.12. The lowest BCUT2D eigenvalue weighted by atomic mass is 9.88. The van der Waals surface area contributed by atoms with Crippen LogP contribution in [-0.2, 0) is 14.3 Å². The van der Waals surface area contributed by atoms with Gasteiger partial charge in [-0.15, -0.1) is 0 Å². The standard InChI is InChI=1S/C16H30N2O3/c1-11(2)9-17-15(19)10-18-16(20)13(4)21-14-7-5-6-12(3)8-14/h11-14H,5-10H2,1-4H3,(H,17,19)(H,18,20)/t12-,13-,14-/m0/s1. The molecule has 5 nitrogen and oxygen atoms in total. The van der Waals surface area contributed by atoms with Crippen molar-refractivity contribution >= 4 is 11.8 Å². The van der Waals surface area contributed by atoms with Crippen molar-refractivity contribution in [2.24, 2.45) is 11.8 Å². The largest absolute Gasteiger partial charge is 0.365 e. The van der Waals surface area contributed by atoms with Crippen molar-refractivity contribution in [3.8, 4) is 0 Å². The minimum atomic E-state index is -0.502. The first-order chi connectivity index (χ1) is 9.88. The highest BCUT2D eigenvalue weighted by atomic mass is 16.5. The molecule has 0 bridgehead atoms. The molecule has 0 aromatic heterocycles. The first-order valence-electron chi connectivity index (χ1n) is 8.08. The summed E-state index contributed by atoms with van der Waals surface area (Å²) in [7, 11) is 0. The molecule has 0 aromatic carbocycles. The molecule has 3 atom stereocenters. The van der Waals surface area contributed by atoms with Gasteiger partial charge in [-0.05, 0) is 31.6 Å². The smallest absolute Gasteiger partial charge is 0.249 e. The maximum absolute atomic E-state index is 11.9. The van der Waals surface area contributed by atoms with Crippen LogP contribution in [0, 0.1) is 11.8 Å². The SMILES string of the molecule is CC(C)CNC(=O)CNC(=O)[C@H](C)O[C@H]1CCC[C@H](C)C1. The fraction of sp³-hybridized carbons (Fsp3) is 0.875. The minimum Gasteiger partial charge on any atom is -0.365 e. The van der Waals surface area contributed by atoms with Gasteiger partial charge in [-0.2, -0.15) is 0 Å².